The maximum atomic E-state index is 13.3. The van der Waals surface area contributed by atoms with Gasteiger partial charge in [-0.3, -0.25) is 9.36 Å². The highest BCUT2D eigenvalue weighted by Gasteiger charge is 2.33. The molecule has 0 saturated heterocycles. The first kappa shape index (κ1) is 21.2. The van der Waals surface area contributed by atoms with E-state index in [1.54, 1.807) is 19.1 Å². The van der Waals surface area contributed by atoms with Crippen molar-refractivity contribution in [1.29, 1.82) is 0 Å². The van der Waals surface area contributed by atoms with Gasteiger partial charge in [0.1, 0.15) is 5.75 Å². The lowest BCUT2D eigenvalue weighted by atomic mass is 9.99. The van der Waals surface area contributed by atoms with Crippen LogP contribution in [0.25, 0.3) is 10.9 Å². The van der Waals surface area contributed by atoms with E-state index in [9.17, 15) is 27.9 Å². The maximum Gasteiger partial charge on any atom is 0.416 e. The summed E-state index contributed by atoms with van der Waals surface area (Å²) < 4.78 is 45.7. The quantitative estimate of drug-likeness (QED) is 0.514. The van der Waals surface area contributed by atoms with E-state index in [0.29, 0.717) is 21.2 Å². The first-order valence-corrected chi connectivity index (χ1v) is 10.1. The fourth-order valence-corrected chi connectivity index (χ4v) is 4.23. The normalized spacial score (nSPS) is 15.6. The molecule has 162 valence electrons. The molecule has 10 heteroatoms. The van der Waals surface area contributed by atoms with Gasteiger partial charge in [0.05, 0.1) is 29.4 Å². The van der Waals surface area contributed by atoms with Crippen LogP contribution < -0.4 is 10.9 Å². The molecule has 0 aliphatic carbocycles. The van der Waals surface area contributed by atoms with E-state index in [4.69, 9.17) is 4.74 Å². The van der Waals surface area contributed by atoms with Gasteiger partial charge in [0.25, 0.3) is 5.56 Å². The van der Waals surface area contributed by atoms with Crippen LogP contribution in [0.4, 0.5) is 18.9 Å². The van der Waals surface area contributed by atoms with Crippen LogP contribution in [-0.2, 0) is 10.9 Å². The highest BCUT2D eigenvalue weighted by Crippen LogP contribution is 2.40. The van der Waals surface area contributed by atoms with E-state index in [-0.39, 0.29) is 18.5 Å². The number of hydrogen-bond acceptors (Lipinski definition) is 5. The summed E-state index contributed by atoms with van der Waals surface area (Å²) in [7, 11) is 0. The number of ether oxygens (including phenoxy) is 1. The number of carbonyl (C=O) groups excluding carboxylic acids is 1. The summed E-state index contributed by atoms with van der Waals surface area (Å²) in [6.45, 7) is 1.77. The Morgan fingerprint density at radius 2 is 1.97 bits per heavy atom. The van der Waals surface area contributed by atoms with E-state index >= 15 is 0 Å². The standard InChI is InChI=1S/C21H16BrF3N2O4/c1-2-31-20(30)16-18(28)13-7-12(22)8-14-17(13)27(19(16)29)15(9-26-14)10-3-5-11(6-4-10)21(23,24)25/h3-8,15,26,28H,2,9H2,1H3. The second-order valence-corrected chi connectivity index (χ2v) is 7.90. The van der Waals surface area contributed by atoms with E-state index in [2.05, 4.69) is 21.2 Å². The summed E-state index contributed by atoms with van der Waals surface area (Å²) >= 11 is 3.34. The number of anilines is 1. The lowest BCUT2D eigenvalue weighted by Crippen LogP contribution is -2.37. The molecule has 0 saturated carbocycles. The predicted octanol–water partition coefficient (Wildman–Crippen LogP) is 4.68. The highest BCUT2D eigenvalue weighted by atomic mass is 79.9. The molecule has 0 radical (unpaired) electrons. The minimum Gasteiger partial charge on any atom is -0.506 e. The Bertz CT molecular complexity index is 1250. The Kier molecular flexibility index (Phi) is 5.20. The zero-order valence-corrected chi connectivity index (χ0v) is 17.7. The third-order valence-electron chi connectivity index (χ3n) is 5.14. The van der Waals surface area contributed by atoms with Crippen molar-refractivity contribution in [2.75, 3.05) is 18.5 Å². The molecule has 2 N–H and O–H groups in total. The predicted molar refractivity (Wildman–Crippen MR) is 112 cm³/mol. The summed E-state index contributed by atoms with van der Waals surface area (Å²) in [5.41, 5.74) is -0.779. The topological polar surface area (TPSA) is 80.6 Å². The molecule has 0 spiro atoms. The maximum absolute atomic E-state index is 13.3. The summed E-state index contributed by atoms with van der Waals surface area (Å²) in [6.07, 6.45) is -4.48. The molecule has 2 aromatic carbocycles. The molecule has 2 heterocycles. The highest BCUT2D eigenvalue weighted by molar-refractivity contribution is 9.10. The van der Waals surface area contributed by atoms with Crippen LogP contribution in [-0.4, -0.2) is 28.8 Å². The number of benzene rings is 2. The Balaban J connectivity index is 1.99. The molecular weight excluding hydrogens is 481 g/mol. The van der Waals surface area contributed by atoms with Gasteiger partial charge in [-0.15, -0.1) is 0 Å². The molecule has 1 unspecified atom stereocenters. The molecule has 31 heavy (non-hydrogen) atoms. The van der Waals surface area contributed by atoms with Gasteiger partial charge >= 0.3 is 12.1 Å². The van der Waals surface area contributed by atoms with E-state index in [0.717, 1.165) is 12.1 Å². The first-order valence-electron chi connectivity index (χ1n) is 9.32. The van der Waals surface area contributed by atoms with Crippen LogP contribution in [0, 0.1) is 0 Å². The number of carbonyl (C=O) groups is 1. The van der Waals surface area contributed by atoms with Gasteiger partial charge in [0, 0.05) is 16.4 Å². The van der Waals surface area contributed by atoms with Crippen molar-refractivity contribution in [3.63, 3.8) is 0 Å². The van der Waals surface area contributed by atoms with Crippen molar-refractivity contribution in [1.82, 2.24) is 4.57 Å². The fraction of sp³-hybridized carbons (Fsp3) is 0.238. The summed E-state index contributed by atoms with van der Waals surface area (Å²) in [5.74, 6) is -1.48. The van der Waals surface area contributed by atoms with E-state index < -0.39 is 40.6 Å². The summed E-state index contributed by atoms with van der Waals surface area (Å²) in [5, 5.41) is 14.1. The van der Waals surface area contributed by atoms with Gasteiger partial charge in [0.15, 0.2) is 5.56 Å². The van der Waals surface area contributed by atoms with E-state index in [1.165, 1.54) is 16.7 Å². The van der Waals surface area contributed by atoms with Gasteiger partial charge in [-0.05, 0) is 36.8 Å². The minimum atomic E-state index is -4.48. The van der Waals surface area contributed by atoms with Gasteiger partial charge in [-0.25, -0.2) is 4.79 Å². The molecule has 3 aromatic rings. The molecule has 0 bridgehead atoms. The molecule has 0 amide bonds. The van der Waals surface area contributed by atoms with Gasteiger partial charge in [-0.2, -0.15) is 13.2 Å². The SMILES string of the molecule is CCOC(=O)c1c(O)c2cc(Br)cc3c2n(c1=O)C(c1ccc(C(F)(F)F)cc1)CN3. The van der Waals surface area contributed by atoms with Crippen molar-refractivity contribution in [3.05, 3.63) is 67.9 Å². The van der Waals surface area contributed by atoms with Gasteiger partial charge < -0.3 is 15.2 Å². The number of aromatic hydroxyl groups is 1. The Hall–Kier alpha value is -3.01. The minimum absolute atomic E-state index is 0.00335. The largest absolute Gasteiger partial charge is 0.506 e. The number of halogens is 4. The van der Waals surface area contributed by atoms with Crippen LogP contribution in [0.2, 0.25) is 0 Å². The van der Waals surface area contributed by atoms with Crippen molar-refractivity contribution >= 4 is 38.5 Å². The lowest BCUT2D eigenvalue weighted by Gasteiger charge is -2.30. The van der Waals surface area contributed by atoms with Crippen LogP contribution in [0.5, 0.6) is 5.75 Å². The number of pyridine rings is 1. The second kappa shape index (κ2) is 7.60. The summed E-state index contributed by atoms with van der Waals surface area (Å²) in [6, 6.07) is 7.05. The lowest BCUT2D eigenvalue weighted by molar-refractivity contribution is -0.137. The number of alkyl halides is 3. The van der Waals surface area contributed by atoms with Crippen LogP contribution in [0.1, 0.15) is 34.5 Å². The third-order valence-corrected chi connectivity index (χ3v) is 5.60. The monoisotopic (exact) mass is 496 g/mol. The van der Waals surface area contributed by atoms with E-state index in [1.807, 2.05) is 0 Å². The number of nitrogens with one attached hydrogen (secondary N) is 1. The van der Waals surface area contributed by atoms with Gasteiger partial charge in [-0.1, -0.05) is 28.1 Å². The molecular formula is C21H16BrF3N2O4. The van der Waals surface area contributed by atoms with Gasteiger partial charge in [0.2, 0.25) is 0 Å². The number of rotatable bonds is 3. The molecule has 0 fully saturated rings. The molecule has 1 aliphatic rings. The number of esters is 1. The van der Waals surface area contributed by atoms with Crippen LogP contribution in [0.15, 0.2) is 45.7 Å². The summed E-state index contributed by atoms with van der Waals surface area (Å²) in [4.78, 5) is 25.8. The third kappa shape index (κ3) is 3.54. The molecule has 1 aliphatic heterocycles. The Labute approximate surface area is 182 Å². The average Bonchev–Trinajstić information content (AvgIpc) is 2.71. The van der Waals surface area contributed by atoms with Crippen molar-refractivity contribution in [3.8, 4) is 5.75 Å². The molecule has 4 rings (SSSR count). The number of aromatic nitrogens is 1. The zero-order chi connectivity index (χ0) is 22.5. The smallest absolute Gasteiger partial charge is 0.416 e. The zero-order valence-electron chi connectivity index (χ0n) is 16.1. The van der Waals surface area contributed by atoms with Crippen molar-refractivity contribution < 1.29 is 27.8 Å². The van der Waals surface area contributed by atoms with Crippen molar-refractivity contribution in [2.24, 2.45) is 0 Å². The number of nitrogens with zero attached hydrogens (tertiary/aromatic N) is 1. The first-order chi connectivity index (χ1) is 14.6. The Morgan fingerprint density at radius 3 is 2.58 bits per heavy atom. The van der Waals surface area contributed by atoms with Crippen LogP contribution >= 0.6 is 15.9 Å². The average molecular weight is 497 g/mol. The molecule has 1 atom stereocenters. The number of hydrogen-bond donors (Lipinski definition) is 2. The second-order valence-electron chi connectivity index (χ2n) is 6.99. The van der Waals surface area contributed by atoms with Crippen molar-refractivity contribution in [2.45, 2.75) is 19.1 Å². The van der Waals surface area contributed by atoms with Crippen LogP contribution in [0.3, 0.4) is 0 Å². The fourth-order valence-electron chi connectivity index (χ4n) is 3.78. The molecule has 6 nitrogen and oxygen atoms in total. The molecule has 1 aromatic heterocycles. The Morgan fingerprint density at radius 1 is 1.29 bits per heavy atom.